The molecule has 186 valence electrons. The van der Waals surface area contributed by atoms with Crippen molar-refractivity contribution in [1.82, 2.24) is 4.72 Å². The molecule has 0 saturated carbocycles. The smallest absolute Gasteiger partial charge is 0.257 e. The fourth-order valence-electron chi connectivity index (χ4n) is 3.96. The average Bonchev–Trinajstić information content (AvgIpc) is 2.87. The Morgan fingerprint density at radius 2 is 1.82 bits per heavy atom. The van der Waals surface area contributed by atoms with Crippen LogP contribution >= 0.6 is 11.6 Å². The molecule has 1 amide bonds. The molecule has 0 unspecified atom stereocenters. The molecule has 2 aromatic carbocycles. The summed E-state index contributed by atoms with van der Waals surface area (Å²) in [5.74, 6) is -0.0729. The van der Waals surface area contributed by atoms with Gasteiger partial charge in [0, 0.05) is 28.4 Å². The molecular weight excluding hydrogens is 480 g/mol. The molecule has 0 bridgehead atoms. The number of amides is 1. The number of hydrogen-bond acceptors (Lipinski definition) is 6. The largest absolute Gasteiger partial charge is 0.493 e. The monoisotopic (exact) mass is 510 g/mol. The lowest BCUT2D eigenvalue weighted by Crippen LogP contribution is -2.47. The number of carbonyl (C=O) groups excluding carboxylic acids is 1. The van der Waals surface area contributed by atoms with E-state index in [-0.39, 0.29) is 5.41 Å². The van der Waals surface area contributed by atoms with Gasteiger partial charge in [-0.15, -0.1) is 0 Å². The summed E-state index contributed by atoms with van der Waals surface area (Å²) in [5, 5.41) is 0.457. The van der Waals surface area contributed by atoms with Crippen molar-refractivity contribution in [2.45, 2.75) is 33.0 Å². The lowest BCUT2D eigenvalue weighted by molar-refractivity contribution is -0.130. The first-order chi connectivity index (χ1) is 15.9. The number of ether oxygens (including phenoxy) is 3. The molecule has 0 fully saturated rings. The van der Waals surface area contributed by atoms with Gasteiger partial charge in [0.05, 0.1) is 20.0 Å². The second-order valence-electron chi connectivity index (χ2n) is 9.26. The van der Waals surface area contributed by atoms with Crippen molar-refractivity contribution in [2.75, 3.05) is 38.5 Å². The number of nitrogens with one attached hydrogen (secondary N) is 1. The number of carbonyl (C=O) groups is 1. The van der Waals surface area contributed by atoms with Gasteiger partial charge in [0.15, 0.2) is 17.6 Å². The van der Waals surface area contributed by atoms with Crippen molar-refractivity contribution in [3.63, 3.8) is 0 Å². The second kappa shape index (κ2) is 10.1. The zero-order valence-electron chi connectivity index (χ0n) is 20.2. The van der Waals surface area contributed by atoms with Gasteiger partial charge >= 0.3 is 0 Å². The number of methoxy groups -OCH3 is 2. The highest BCUT2D eigenvalue weighted by atomic mass is 35.5. The standard InChI is InChI=1S/C24H31ClN2O6S/c1-24(2,3)14-27-18-11-10-15(25)12-17(18)21(16-8-7-9-19(31-5)22(16)32-6)33-20(23(27)28)13-34(29,30)26-4/h7-12,20-21,26H,13-14H2,1-6H3/t20-,21-/m1/s1. The van der Waals surface area contributed by atoms with Crippen LogP contribution in [0.25, 0.3) is 0 Å². The third kappa shape index (κ3) is 5.66. The van der Waals surface area contributed by atoms with E-state index in [2.05, 4.69) is 4.72 Å². The Bertz CT molecular complexity index is 1160. The van der Waals surface area contributed by atoms with Gasteiger partial charge < -0.3 is 19.1 Å². The quantitative estimate of drug-likeness (QED) is 0.609. The van der Waals surface area contributed by atoms with E-state index in [9.17, 15) is 13.2 Å². The Hall–Kier alpha value is -2.33. The summed E-state index contributed by atoms with van der Waals surface area (Å²) in [6.45, 7) is 6.36. The third-order valence-electron chi connectivity index (χ3n) is 5.43. The minimum Gasteiger partial charge on any atom is -0.493 e. The van der Waals surface area contributed by atoms with E-state index in [1.807, 2.05) is 20.8 Å². The Morgan fingerprint density at radius 3 is 2.41 bits per heavy atom. The topological polar surface area (TPSA) is 94.2 Å². The van der Waals surface area contributed by atoms with Crippen molar-refractivity contribution in [1.29, 1.82) is 0 Å². The summed E-state index contributed by atoms with van der Waals surface area (Å²) in [5.41, 5.74) is 1.54. The number of anilines is 1. The molecule has 1 heterocycles. The Morgan fingerprint density at radius 1 is 1.12 bits per heavy atom. The predicted molar refractivity (Wildman–Crippen MR) is 132 cm³/mol. The van der Waals surface area contributed by atoms with Crippen molar-refractivity contribution < 1.29 is 27.4 Å². The van der Waals surface area contributed by atoms with Crippen LogP contribution in [0.3, 0.4) is 0 Å². The summed E-state index contributed by atoms with van der Waals surface area (Å²) in [6.07, 6.45) is -2.11. The summed E-state index contributed by atoms with van der Waals surface area (Å²) in [4.78, 5) is 15.3. The van der Waals surface area contributed by atoms with Crippen LogP contribution < -0.4 is 19.1 Å². The van der Waals surface area contributed by atoms with Crippen molar-refractivity contribution >= 4 is 33.2 Å². The van der Waals surface area contributed by atoms with Gasteiger partial charge in [0.1, 0.15) is 6.10 Å². The molecule has 0 radical (unpaired) electrons. The first-order valence-corrected chi connectivity index (χ1v) is 12.8. The van der Waals surface area contributed by atoms with Gasteiger partial charge in [-0.05, 0) is 36.7 Å². The Kier molecular flexibility index (Phi) is 7.82. The fraction of sp³-hybridized carbons (Fsp3) is 0.458. The van der Waals surface area contributed by atoms with E-state index in [1.54, 1.807) is 41.3 Å². The van der Waals surface area contributed by atoms with Gasteiger partial charge in [0.2, 0.25) is 10.0 Å². The molecule has 10 heteroatoms. The van der Waals surface area contributed by atoms with Crippen LogP contribution in [0.5, 0.6) is 11.5 Å². The molecule has 2 aromatic rings. The van der Waals surface area contributed by atoms with Crippen LogP contribution in [0.1, 0.15) is 38.0 Å². The number of para-hydroxylation sites is 1. The lowest BCUT2D eigenvalue weighted by Gasteiger charge is -2.31. The van der Waals surface area contributed by atoms with Crippen LogP contribution in [-0.4, -0.2) is 54.0 Å². The van der Waals surface area contributed by atoms with Crippen LogP contribution in [0.15, 0.2) is 36.4 Å². The Balaban J connectivity index is 2.29. The van der Waals surface area contributed by atoms with Gasteiger partial charge in [-0.2, -0.15) is 0 Å². The number of hydrogen-bond donors (Lipinski definition) is 1. The summed E-state index contributed by atoms with van der Waals surface area (Å²) in [6, 6.07) is 10.5. The van der Waals surface area contributed by atoms with Gasteiger partial charge in [-0.25, -0.2) is 13.1 Å². The number of rotatable bonds is 7. The van der Waals surface area contributed by atoms with Gasteiger partial charge in [-0.3, -0.25) is 4.79 Å². The highest BCUT2D eigenvalue weighted by Gasteiger charge is 2.41. The van der Waals surface area contributed by atoms with Crippen molar-refractivity contribution in [2.24, 2.45) is 5.41 Å². The van der Waals surface area contributed by atoms with E-state index in [4.69, 9.17) is 25.8 Å². The van der Waals surface area contributed by atoms with E-state index in [0.29, 0.717) is 39.9 Å². The molecule has 1 aliphatic rings. The maximum atomic E-state index is 13.7. The molecule has 1 N–H and O–H groups in total. The van der Waals surface area contributed by atoms with Crippen molar-refractivity contribution in [3.8, 4) is 11.5 Å². The highest BCUT2D eigenvalue weighted by molar-refractivity contribution is 7.89. The predicted octanol–water partition coefficient (Wildman–Crippen LogP) is 3.77. The summed E-state index contributed by atoms with van der Waals surface area (Å²) < 4.78 is 44.6. The lowest BCUT2D eigenvalue weighted by atomic mass is 9.94. The number of nitrogens with zero attached hydrogens (tertiary/aromatic N) is 1. The number of halogens is 1. The van der Waals surface area contributed by atoms with E-state index in [0.717, 1.165) is 0 Å². The molecule has 34 heavy (non-hydrogen) atoms. The summed E-state index contributed by atoms with van der Waals surface area (Å²) >= 11 is 6.38. The number of sulfonamides is 1. The average molecular weight is 511 g/mol. The molecule has 3 rings (SSSR count). The molecule has 1 aliphatic heterocycles. The maximum Gasteiger partial charge on any atom is 0.257 e. The summed E-state index contributed by atoms with van der Waals surface area (Å²) in [7, 11) is 0.573. The highest BCUT2D eigenvalue weighted by Crippen LogP contribution is 2.45. The van der Waals surface area contributed by atoms with Gasteiger partial charge in [-0.1, -0.05) is 44.5 Å². The van der Waals surface area contributed by atoms with Crippen LogP contribution in [0, 0.1) is 5.41 Å². The molecule has 0 aliphatic carbocycles. The normalized spacial score (nSPS) is 18.9. The van der Waals surface area contributed by atoms with Gasteiger partial charge in [0.25, 0.3) is 5.91 Å². The molecular formula is C24H31ClN2O6S. The third-order valence-corrected chi connectivity index (χ3v) is 7.03. The zero-order chi connectivity index (χ0) is 25.3. The molecule has 0 aromatic heterocycles. The fourth-order valence-corrected chi connectivity index (χ4v) is 4.93. The molecule has 0 saturated heterocycles. The van der Waals surface area contributed by atoms with E-state index in [1.165, 1.54) is 21.3 Å². The van der Waals surface area contributed by atoms with Crippen LogP contribution in [0.2, 0.25) is 5.02 Å². The first kappa shape index (κ1) is 26.3. The first-order valence-electron chi connectivity index (χ1n) is 10.8. The maximum absolute atomic E-state index is 13.7. The second-order valence-corrected chi connectivity index (χ2v) is 11.7. The SMILES string of the molecule is CNS(=O)(=O)C[C@H]1O[C@H](c2cccc(OC)c2OC)c2cc(Cl)ccc2N(CC(C)(C)C)C1=O. The molecule has 8 nitrogen and oxygen atoms in total. The molecule has 0 spiro atoms. The van der Waals surface area contributed by atoms with Crippen molar-refractivity contribution in [3.05, 3.63) is 52.5 Å². The van der Waals surface area contributed by atoms with E-state index < -0.39 is 33.9 Å². The van der Waals surface area contributed by atoms with E-state index >= 15 is 0 Å². The Labute approximate surface area is 206 Å². The number of fused-ring (bicyclic) bond motifs is 1. The van der Waals surface area contributed by atoms with Crippen LogP contribution in [0.4, 0.5) is 5.69 Å². The molecule has 2 atom stereocenters. The zero-order valence-corrected chi connectivity index (χ0v) is 21.8. The minimum atomic E-state index is -3.77. The number of benzene rings is 2. The van der Waals surface area contributed by atoms with Crippen LogP contribution in [-0.2, 0) is 19.6 Å². The minimum absolute atomic E-state index is 0.271.